The molecule has 5 nitrogen and oxygen atoms in total. The average Bonchev–Trinajstić information content (AvgIpc) is 2.98. The van der Waals surface area contributed by atoms with Gasteiger partial charge in [-0.3, -0.25) is 9.59 Å². The quantitative estimate of drug-likeness (QED) is 0.803. The Bertz CT molecular complexity index is 470. The second-order valence-electron chi connectivity index (χ2n) is 4.61. The van der Waals surface area contributed by atoms with Crippen molar-refractivity contribution in [3.05, 3.63) is 34.9 Å². The fraction of sp³-hybridized carbons (Fsp3) is 0.429. The molecule has 0 bridgehead atoms. The Hall–Kier alpha value is -1.59. The number of nitrogens with one attached hydrogen (secondary N) is 2. The summed E-state index contributed by atoms with van der Waals surface area (Å²) in [4.78, 5) is 23.4. The fourth-order valence-corrected chi connectivity index (χ4v) is 2.08. The molecule has 1 unspecified atom stereocenters. The van der Waals surface area contributed by atoms with E-state index in [0.29, 0.717) is 36.9 Å². The molecule has 0 spiro atoms. The monoisotopic (exact) mass is 296 g/mol. The fourth-order valence-electron chi connectivity index (χ4n) is 1.95. The van der Waals surface area contributed by atoms with Crippen LogP contribution in [0.1, 0.15) is 16.8 Å². The van der Waals surface area contributed by atoms with E-state index in [1.54, 1.807) is 24.3 Å². The molecule has 6 heteroatoms. The first kappa shape index (κ1) is 14.8. The first-order chi connectivity index (χ1) is 9.66. The van der Waals surface area contributed by atoms with Crippen LogP contribution in [0.5, 0.6) is 0 Å². The van der Waals surface area contributed by atoms with Crippen LogP contribution < -0.4 is 10.6 Å². The summed E-state index contributed by atoms with van der Waals surface area (Å²) in [6.45, 7) is 1.93. The predicted molar refractivity (Wildman–Crippen MR) is 75.7 cm³/mol. The van der Waals surface area contributed by atoms with Gasteiger partial charge < -0.3 is 15.4 Å². The Morgan fingerprint density at radius 1 is 1.20 bits per heavy atom. The molecule has 1 heterocycles. The highest BCUT2D eigenvalue weighted by Crippen LogP contribution is 2.11. The van der Waals surface area contributed by atoms with E-state index in [4.69, 9.17) is 16.3 Å². The van der Waals surface area contributed by atoms with Crippen molar-refractivity contribution >= 4 is 23.4 Å². The molecule has 2 N–H and O–H groups in total. The van der Waals surface area contributed by atoms with E-state index in [1.165, 1.54) is 0 Å². The van der Waals surface area contributed by atoms with Crippen LogP contribution in [0.2, 0.25) is 5.02 Å². The minimum absolute atomic E-state index is 0.0109. The van der Waals surface area contributed by atoms with Crippen molar-refractivity contribution in [1.82, 2.24) is 10.6 Å². The van der Waals surface area contributed by atoms with Crippen LogP contribution in [0.4, 0.5) is 0 Å². The smallest absolute Gasteiger partial charge is 0.251 e. The number of rotatable bonds is 5. The summed E-state index contributed by atoms with van der Waals surface area (Å²) >= 11 is 5.75. The molecule has 1 aliphatic heterocycles. The molecule has 2 amide bonds. The molecule has 2 rings (SSSR count). The molecule has 20 heavy (non-hydrogen) atoms. The number of carbonyl (C=O) groups excluding carboxylic acids is 2. The topological polar surface area (TPSA) is 67.4 Å². The minimum atomic E-state index is -0.180. The Balaban J connectivity index is 1.66. The van der Waals surface area contributed by atoms with Crippen LogP contribution in [0, 0.1) is 5.92 Å². The number of halogens is 1. The van der Waals surface area contributed by atoms with Gasteiger partial charge in [0.2, 0.25) is 5.91 Å². The second-order valence-corrected chi connectivity index (χ2v) is 5.05. The summed E-state index contributed by atoms with van der Waals surface area (Å²) < 4.78 is 5.15. The second kappa shape index (κ2) is 7.26. The van der Waals surface area contributed by atoms with Gasteiger partial charge in [0.05, 0.1) is 12.5 Å². The van der Waals surface area contributed by atoms with E-state index in [1.807, 2.05) is 0 Å². The SMILES string of the molecule is O=C(NCCNC(=O)C1CCOC1)c1ccc(Cl)cc1. The van der Waals surface area contributed by atoms with E-state index >= 15 is 0 Å². The molecule has 1 aromatic carbocycles. The van der Waals surface area contributed by atoms with Gasteiger partial charge in [-0.15, -0.1) is 0 Å². The van der Waals surface area contributed by atoms with Crippen molar-refractivity contribution in [1.29, 1.82) is 0 Å². The van der Waals surface area contributed by atoms with Crippen molar-refractivity contribution < 1.29 is 14.3 Å². The standard InChI is InChI=1S/C14H17ClN2O3/c15-12-3-1-10(2-4-12)13(18)16-6-7-17-14(19)11-5-8-20-9-11/h1-4,11H,5-9H2,(H,16,18)(H,17,19). The number of benzene rings is 1. The number of amides is 2. The molecule has 1 aromatic rings. The summed E-state index contributed by atoms with van der Waals surface area (Å²) in [5, 5.41) is 6.11. The van der Waals surface area contributed by atoms with E-state index in [9.17, 15) is 9.59 Å². The van der Waals surface area contributed by atoms with Crippen LogP contribution >= 0.6 is 11.6 Å². The molecular formula is C14H17ClN2O3. The van der Waals surface area contributed by atoms with Crippen molar-refractivity contribution in [2.45, 2.75) is 6.42 Å². The largest absolute Gasteiger partial charge is 0.381 e. The summed E-state index contributed by atoms with van der Waals surface area (Å²) in [6.07, 6.45) is 0.767. The number of hydrogen-bond acceptors (Lipinski definition) is 3. The van der Waals surface area contributed by atoms with Gasteiger partial charge in [0, 0.05) is 30.3 Å². The summed E-state index contributed by atoms with van der Waals surface area (Å²) in [6, 6.07) is 6.65. The van der Waals surface area contributed by atoms with E-state index < -0.39 is 0 Å². The molecule has 1 saturated heterocycles. The maximum atomic E-state index is 11.8. The number of hydrogen-bond donors (Lipinski definition) is 2. The van der Waals surface area contributed by atoms with Crippen LogP contribution in [0.25, 0.3) is 0 Å². The maximum Gasteiger partial charge on any atom is 0.251 e. The van der Waals surface area contributed by atoms with Gasteiger partial charge in [0.25, 0.3) is 5.91 Å². The van der Waals surface area contributed by atoms with Gasteiger partial charge in [0.15, 0.2) is 0 Å². The molecule has 0 aliphatic carbocycles. The maximum absolute atomic E-state index is 11.8. The Morgan fingerprint density at radius 2 is 1.90 bits per heavy atom. The first-order valence-corrected chi connectivity index (χ1v) is 6.94. The predicted octanol–water partition coefficient (Wildman–Crippen LogP) is 1.22. The summed E-state index contributed by atoms with van der Waals surface area (Å²) in [7, 11) is 0. The van der Waals surface area contributed by atoms with Crippen molar-refractivity contribution in [2.75, 3.05) is 26.3 Å². The van der Waals surface area contributed by atoms with Crippen molar-refractivity contribution in [2.24, 2.45) is 5.92 Å². The van der Waals surface area contributed by atoms with Crippen LogP contribution in [-0.2, 0) is 9.53 Å². The van der Waals surface area contributed by atoms with E-state index in [0.717, 1.165) is 6.42 Å². The van der Waals surface area contributed by atoms with Gasteiger partial charge >= 0.3 is 0 Å². The lowest BCUT2D eigenvalue weighted by Gasteiger charge is -2.10. The zero-order chi connectivity index (χ0) is 14.4. The summed E-state index contributed by atoms with van der Waals surface area (Å²) in [5.41, 5.74) is 0.546. The Morgan fingerprint density at radius 3 is 2.55 bits per heavy atom. The molecule has 1 aliphatic rings. The zero-order valence-electron chi connectivity index (χ0n) is 11.0. The Kier molecular flexibility index (Phi) is 5.38. The van der Waals surface area contributed by atoms with Crippen molar-refractivity contribution in [3.8, 4) is 0 Å². The molecule has 0 aromatic heterocycles. The first-order valence-electron chi connectivity index (χ1n) is 6.56. The van der Waals surface area contributed by atoms with Gasteiger partial charge in [0.1, 0.15) is 0 Å². The van der Waals surface area contributed by atoms with Gasteiger partial charge in [-0.2, -0.15) is 0 Å². The number of ether oxygens (including phenoxy) is 1. The lowest BCUT2D eigenvalue weighted by molar-refractivity contribution is -0.124. The molecule has 1 atom stereocenters. The Labute approximate surface area is 122 Å². The average molecular weight is 297 g/mol. The third-order valence-corrected chi connectivity index (χ3v) is 3.37. The third-order valence-electron chi connectivity index (χ3n) is 3.12. The van der Waals surface area contributed by atoms with Gasteiger partial charge in [-0.05, 0) is 30.7 Å². The van der Waals surface area contributed by atoms with Crippen molar-refractivity contribution in [3.63, 3.8) is 0 Å². The van der Waals surface area contributed by atoms with Crippen LogP contribution in [0.15, 0.2) is 24.3 Å². The zero-order valence-corrected chi connectivity index (χ0v) is 11.8. The molecule has 0 saturated carbocycles. The highest BCUT2D eigenvalue weighted by molar-refractivity contribution is 6.30. The van der Waals surface area contributed by atoms with E-state index in [2.05, 4.69) is 10.6 Å². The molecular weight excluding hydrogens is 280 g/mol. The number of carbonyl (C=O) groups is 2. The van der Waals surface area contributed by atoms with Crippen LogP contribution in [-0.4, -0.2) is 38.1 Å². The highest BCUT2D eigenvalue weighted by Gasteiger charge is 2.22. The van der Waals surface area contributed by atoms with Gasteiger partial charge in [-0.25, -0.2) is 0 Å². The molecule has 108 valence electrons. The highest BCUT2D eigenvalue weighted by atomic mass is 35.5. The van der Waals surface area contributed by atoms with Crippen LogP contribution in [0.3, 0.4) is 0 Å². The summed E-state index contributed by atoms with van der Waals surface area (Å²) in [5.74, 6) is -0.245. The lowest BCUT2D eigenvalue weighted by atomic mass is 10.1. The van der Waals surface area contributed by atoms with Gasteiger partial charge in [-0.1, -0.05) is 11.6 Å². The normalized spacial score (nSPS) is 17.8. The molecule has 0 radical (unpaired) electrons. The third kappa shape index (κ3) is 4.21. The van der Waals surface area contributed by atoms with E-state index in [-0.39, 0.29) is 17.7 Å². The minimum Gasteiger partial charge on any atom is -0.381 e. The molecule has 1 fully saturated rings. The lowest BCUT2D eigenvalue weighted by Crippen LogP contribution is -2.37.